The summed E-state index contributed by atoms with van der Waals surface area (Å²) in [5, 5.41) is 3.10. The van der Waals surface area contributed by atoms with Crippen molar-refractivity contribution in [3.05, 3.63) is 58.9 Å². The van der Waals surface area contributed by atoms with Crippen LogP contribution < -0.4 is 5.32 Å². The van der Waals surface area contributed by atoms with E-state index in [9.17, 15) is 13.2 Å². The fourth-order valence-corrected chi connectivity index (χ4v) is 3.65. The maximum Gasteiger partial charge on any atom is 0.253 e. The van der Waals surface area contributed by atoms with Gasteiger partial charge in [-0.2, -0.15) is 0 Å². The van der Waals surface area contributed by atoms with Crippen LogP contribution in [0, 0.1) is 5.92 Å². The van der Waals surface area contributed by atoms with Crippen molar-refractivity contribution in [2.45, 2.75) is 24.8 Å². The third-order valence-electron chi connectivity index (χ3n) is 4.27. The normalized spacial score (nSPS) is 13.1. The summed E-state index contributed by atoms with van der Waals surface area (Å²) in [6.07, 6.45) is 1.09. The minimum Gasteiger partial charge on any atom is -0.342 e. The maximum atomic E-state index is 12.8. The van der Waals surface area contributed by atoms with Gasteiger partial charge in [0, 0.05) is 6.26 Å². The average Bonchev–Trinajstić information content (AvgIpc) is 3.02. The lowest BCUT2D eigenvalue weighted by molar-refractivity contribution is 0.0923. The Bertz CT molecular complexity index is 1070. The van der Waals surface area contributed by atoms with E-state index in [0.29, 0.717) is 5.82 Å². The van der Waals surface area contributed by atoms with Gasteiger partial charge in [-0.25, -0.2) is 13.4 Å². The molecule has 6 nitrogen and oxygen atoms in total. The van der Waals surface area contributed by atoms with Crippen molar-refractivity contribution in [3.63, 3.8) is 0 Å². The number of sulfone groups is 1. The molecule has 0 fully saturated rings. The monoisotopic (exact) mass is 405 g/mol. The number of aromatic amines is 1. The molecule has 1 atom stereocenters. The van der Waals surface area contributed by atoms with Crippen LogP contribution >= 0.6 is 11.6 Å². The molecule has 0 bridgehead atoms. The standard InChI is InChI=1S/C19H20ClN3O3S/c1-11(2)17(18-21-15-6-4-5-7-16(15)22-18)23-19(24)13-10-12(27(3,25)26)8-9-14(13)20/h4-11,17H,1-3H3,(H,21,22)(H,23,24). The molecule has 0 saturated carbocycles. The number of fused-ring (bicyclic) bond motifs is 1. The van der Waals surface area contributed by atoms with E-state index >= 15 is 0 Å². The maximum absolute atomic E-state index is 12.8. The molecule has 8 heteroatoms. The van der Waals surface area contributed by atoms with E-state index < -0.39 is 15.7 Å². The molecular formula is C19H20ClN3O3S. The largest absolute Gasteiger partial charge is 0.342 e. The van der Waals surface area contributed by atoms with Crippen LogP contribution in [-0.4, -0.2) is 30.5 Å². The summed E-state index contributed by atoms with van der Waals surface area (Å²) in [6, 6.07) is 11.3. The highest BCUT2D eigenvalue weighted by molar-refractivity contribution is 7.90. The Morgan fingerprint density at radius 3 is 2.52 bits per heavy atom. The van der Waals surface area contributed by atoms with Crippen molar-refractivity contribution in [2.75, 3.05) is 6.26 Å². The molecule has 27 heavy (non-hydrogen) atoms. The smallest absolute Gasteiger partial charge is 0.253 e. The lowest BCUT2D eigenvalue weighted by Crippen LogP contribution is -2.32. The van der Waals surface area contributed by atoms with Crippen LogP contribution in [0.5, 0.6) is 0 Å². The first-order valence-electron chi connectivity index (χ1n) is 8.42. The predicted octanol–water partition coefficient (Wildman–Crippen LogP) is 3.75. The summed E-state index contributed by atoms with van der Waals surface area (Å²) in [7, 11) is -3.45. The van der Waals surface area contributed by atoms with Crippen LogP contribution in [0.4, 0.5) is 0 Å². The van der Waals surface area contributed by atoms with Gasteiger partial charge in [-0.1, -0.05) is 37.6 Å². The van der Waals surface area contributed by atoms with Crippen LogP contribution in [0.1, 0.15) is 36.1 Å². The van der Waals surface area contributed by atoms with Crippen LogP contribution in [-0.2, 0) is 9.84 Å². The van der Waals surface area contributed by atoms with Gasteiger partial charge in [0.1, 0.15) is 5.82 Å². The minimum atomic E-state index is -3.45. The Balaban J connectivity index is 1.94. The molecule has 2 N–H and O–H groups in total. The second kappa shape index (κ2) is 7.32. The number of benzene rings is 2. The zero-order chi connectivity index (χ0) is 19.8. The summed E-state index contributed by atoms with van der Waals surface area (Å²) in [5.41, 5.74) is 1.80. The number of para-hydroxylation sites is 2. The van der Waals surface area contributed by atoms with E-state index in [0.717, 1.165) is 17.3 Å². The second-order valence-corrected chi connectivity index (χ2v) is 9.17. The Labute approximate surface area is 162 Å². The molecule has 1 unspecified atom stereocenters. The molecule has 0 aliphatic rings. The van der Waals surface area contributed by atoms with Gasteiger partial charge >= 0.3 is 0 Å². The zero-order valence-corrected chi connectivity index (χ0v) is 16.7. The van der Waals surface area contributed by atoms with Gasteiger partial charge in [0.25, 0.3) is 5.91 Å². The van der Waals surface area contributed by atoms with Crippen LogP contribution in [0.2, 0.25) is 5.02 Å². The molecule has 3 rings (SSSR count). The molecule has 0 aliphatic carbocycles. The van der Waals surface area contributed by atoms with Crippen molar-refractivity contribution >= 4 is 38.4 Å². The lowest BCUT2D eigenvalue weighted by atomic mass is 10.0. The predicted molar refractivity (Wildman–Crippen MR) is 106 cm³/mol. The van der Waals surface area contributed by atoms with E-state index in [4.69, 9.17) is 11.6 Å². The Kier molecular flexibility index (Phi) is 5.26. The number of carbonyl (C=O) groups is 1. The molecule has 0 aliphatic heterocycles. The second-order valence-electron chi connectivity index (χ2n) is 6.75. The minimum absolute atomic E-state index is 0.0434. The van der Waals surface area contributed by atoms with Crippen LogP contribution in [0.3, 0.4) is 0 Å². The molecule has 0 radical (unpaired) electrons. The van der Waals surface area contributed by atoms with Crippen molar-refractivity contribution in [3.8, 4) is 0 Å². The number of hydrogen-bond acceptors (Lipinski definition) is 4. The SMILES string of the molecule is CC(C)C(NC(=O)c1cc(S(C)(=O)=O)ccc1Cl)c1nc2ccccc2[nH]1. The number of H-pyrrole nitrogens is 1. The fraction of sp³-hybridized carbons (Fsp3) is 0.263. The van der Waals surface area contributed by atoms with Crippen LogP contribution in [0.25, 0.3) is 11.0 Å². The molecular weight excluding hydrogens is 386 g/mol. The summed E-state index contributed by atoms with van der Waals surface area (Å²) in [5.74, 6) is 0.228. The molecule has 3 aromatic rings. The van der Waals surface area contributed by atoms with Crippen molar-refractivity contribution in [1.82, 2.24) is 15.3 Å². The number of nitrogens with one attached hydrogen (secondary N) is 2. The van der Waals surface area contributed by atoms with E-state index in [1.54, 1.807) is 0 Å². The number of aromatic nitrogens is 2. The van der Waals surface area contributed by atoms with E-state index in [1.807, 2.05) is 38.1 Å². The van der Waals surface area contributed by atoms with E-state index in [1.165, 1.54) is 18.2 Å². The Morgan fingerprint density at radius 1 is 1.19 bits per heavy atom. The first kappa shape index (κ1) is 19.4. The van der Waals surface area contributed by atoms with E-state index in [2.05, 4.69) is 15.3 Å². The Morgan fingerprint density at radius 2 is 1.89 bits per heavy atom. The quantitative estimate of drug-likeness (QED) is 0.676. The molecule has 2 aromatic carbocycles. The van der Waals surface area contributed by atoms with Crippen molar-refractivity contribution in [1.29, 1.82) is 0 Å². The number of amides is 1. The summed E-state index contributed by atoms with van der Waals surface area (Å²) in [6.45, 7) is 3.93. The van der Waals surface area contributed by atoms with Gasteiger partial charge in [0.2, 0.25) is 0 Å². The van der Waals surface area contributed by atoms with Crippen LogP contribution in [0.15, 0.2) is 47.4 Å². The molecule has 142 valence electrons. The Hall–Kier alpha value is -2.38. The van der Waals surface area contributed by atoms with Gasteiger partial charge in [-0.05, 0) is 36.2 Å². The number of rotatable bonds is 5. The number of halogens is 1. The summed E-state index contributed by atoms with van der Waals surface area (Å²) >= 11 is 6.14. The van der Waals surface area contributed by atoms with E-state index in [-0.39, 0.29) is 27.4 Å². The third kappa shape index (κ3) is 4.14. The zero-order valence-electron chi connectivity index (χ0n) is 15.2. The lowest BCUT2D eigenvalue weighted by Gasteiger charge is -2.21. The van der Waals surface area contributed by atoms with Gasteiger partial charge < -0.3 is 10.3 Å². The molecule has 1 heterocycles. The van der Waals surface area contributed by atoms with Crippen molar-refractivity contribution < 1.29 is 13.2 Å². The summed E-state index contributed by atoms with van der Waals surface area (Å²) < 4.78 is 23.6. The highest BCUT2D eigenvalue weighted by Crippen LogP contribution is 2.25. The number of nitrogens with zero attached hydrogens (tertiary/aromatic N) is 1. The first-order valence-corrected chi connectivity index (χ1v) is 10.7. The molecule has 0 saturated heterocycles. The highest BCUT2D eigenvalue weighted by atomic mass is 35.5. The number of carbonyl (C=O) groups excluding carboxylic acids is 1. The van der Waals surface area contributed by atoms with Crippen molar-refractivity contribution in [2.24, 2.45) is 5.92 Å². The third-order valence-corrected chi connectivity index (χ3v) is 5.71. The van der Waals surface area contributed by atoms with Gasteiger partial charge in [0.05, 0.1) is 32.6 Å². The molecule has 1 aromatic heterocycles. The first-order chi connectivity index (χ1) is 12.7. The van der Waals surface area contributed by atoms with Gasteiger partial charge in [-0.15, -0.1) is 0 Å². The molecule has 1 amide bonds. The number of imidazole rings is 1. The highest BCUT2D eigenvalue weighted by Gasteiger charge is 2.24. The van der Waals surface area contributed by atoms with Gasteiger partial charge in [0.15, 0.2) is 9.84 Å². The average molecular weight is 406 g/mol. The molecule has 0 spiro atoms. The topological polar surface area (TPSA) is 91.9 Å². The summed E-state index contributed by atoms with van der Waals surface area (Å²) in [4.78, 5) is 20.6. The fourth-order valence-electron chi connectivity index (χ4n) is 2.80. The van der Waals surface area contributed by atoms with Gasteiger partial charge in [-0.3, -0.25) is 4.79 Å². The number of hydrogen-bond donors (Lipinski definition) is 2.